The van der Waals surface area contributed by atoms with Crippen LogP contribution in [0.3, 0.4) is 0 Å². The van der Waals surface area contributed by atoms with Crippen molar-refractivity contribution in [1.82, 2.24) is 30.1 Å². The molecule has 4 heterocycles. The number of H-pyrrole nitrogens is 2. The van der Waals surface area contributed by atoms with Crippen LogP contribution in [0.2, 0.25) is 0 Å². The summed E-state index contributed by atoms with van der Waals surface area (Å²) in [7, 11) is 0. The summed E-state index contributed by atoms with van der Waals surface area (Å²) in [5, 5.41) is 7.91. The number of pyridine rings is 2. The van der Waals surface area contributed by atoms with Crippen LogP contribution in [-0.2, 0) is 0 Å². The maximum absolute atomic E-state index is 5.63. The first-order valence-electron chi connectivity index (χ1n) is 11.8. The minimum Gasteiger partial charge on any atom is -0.343 e. The molecule has 1 aliphatic carbocycles. The Labute approximate surface area is 198 Å². The van der Waals surface area contributed by atoms with E-state index in [-0.39, 0.29) is 0 Å². The molecule has 7 nitrogen and oxygen atoms in total. The second kappa shape index (κ2) is 9.97. The number of aromatic nitrogens is 6. The zero-order valence-electron chi connectivity index (χ0n) is 19.3. The molecular formula is C27H29N7. The SMILES string of the molecule is Cc1cccc(-c2[nH]cnc2-c2ccc3ncc(-c4cn[nH]c4)cc3c2)n1.NC1CCCCC1. The summed E-state index contributed by atoms with van der Waals surface area (Å²) in [6.45, 7) is 1.98. The van der Waals surface area contributed by atoms with Crippen LogP contribution in [0, 0.1) is 6.92 Å². The van der Waals surface area contributed by atoms with E-state index in [4.69, 9.17) is 5.73 Å². The van der Waals surface area contributed by atoms with Crippen LogP contribution in [0.15, 0.2) is 67.4 Å². The third-order valence-electron chi connectivity index (χ3n) is 6.22. The highest BCUT2D eigenvalue weighted by Crippen LogP contribution is 2.31. The van der Waals surface area contributed by atoms with Crippen molar-refractivity contribution < 1.29 is 0 Å². The van der Waals surface area contributed by atoms with Gasteiger partial charge in [-0.15, -0.1) is 0 Å². The number of rotatable bonds is 3. The van der Waals surface area contributed by atoms with Crippen LogP contribution in [0.4, 0.5) is 0 Å². The van der Waals surface area contributed by atoms with Crippen LogP contribution in [-0.4, -0.2) is 36.2 Å². The highest BCUT2D eigenvalue weighted by atomic mass is 15.1. The van der Waals surface area contributed by atoms with E-state index in [1.54, 1.807) is 12.5 Å². The minimum absolute atomic E-state index is 0.536. The number of hydrogen-bond acceptors (Lipinski definition) is 5. The van der Waals surface area contributed by atoms with Gasteiger partial charge in [0, 0.05) is 46.2 Å². The van der Waals surface area contributed by atoms with E-state index in [1.807, 2.05) is 49.6 Å². The summed E-state index contributed by atoms with van der Waals surface area (Å²) in [6, 6.07) is 14.8. The normalized spacial score (nSPS) is 14.1. The van der Waals surface area contributed by atoms with E-state index in [9.17, 15) is 0 Å². The molecule has 0 radical (unpaired) electrons. The van der Waals surface area contributed by atoms with Crippen LogP contribution in [0.25, 0.3) is 44.7 Å². The Morgan fingerprint density at radius 3 is 2.50 bits per heavy atom. The number of fused-ring (bicyclic) bond motifs is 1. The molecule has 34 heavy (non-hydrogen) atoms. The Kier molecular flexibility index (Phi) is 6.44. The number of nitrogens with zero attached hydrogens (tertiary/aromatic N) is 4. The Morgan fingerprint density at radius 1 is 0.912 bits per heavy atom. The molecule has 5 aromatic rings. The molecule has 0 unspecified atom stereocenters. The van der Waals surface area contributed by atoms with Gasteiger partial charge in [-0.1, -0.05) is 31.4 Å². The lowest BCUT2D eigenvalue weighted by molar-refractivity contribution is 0.441. The first-order chi connectivity index (χ1) is 16.7. The molecule has 1 saturated carbocycles. The molecule has 6 rings (SSSR count). The van der Waals surface area contributed by atoms with Gasteiger partial charge < -0.3 is 10.7 Å². The van der Waals surface area contributed by atoms with Crippen LogP contribution in [0.5, 0.6) is 0 Å². The monoisotopic (exact) mass is 451 g/mol. The molecule has 0 atom stereocenters. The van der Waals surface area contributed by atoms with Crippen molar-refractivity contribution in [3.63, 3.8) is 0 Å². The van der Waals surface area contributed by atoms with Gasteiger partial charge in [0.2, 0.25) is 0 Å². The molecule has 0 bridgehead atoms. The van der Waals surface area contributed by atoms with Gasteiger partial charge in [-0.3, -0.25) is 15.1 Å². The summed E-state index contributed by atoms with van der Waals surface area (Å²) in [5.74, 6) is 0. The van der Waals surface area contributed by atoms with Crippen LogP contribution >= 0.6 is 0 Å². The van der Waals surface area contributed by atoms with Crippen molar-refractivity contribution in [2.24, 2.45) is 5.73 Å². The van der Waals surface area contributed by atoms with Crippen molar-refractivity contribution in [3.8, 4) is 33.8 Å². The Hall–Kier alpha value is -3.84. The van der Waals surface area contributed by atoms with Gasteiger partial charge in [0.05, 0.1) is 35.1 Å². The Bertz CT molecular complexity index is 1370. The fraction of sp³-hybridized carbons (Fsp3) is 0.259. The zero-order chi connectivity index (χ0) is 23.3. The van der Waals surface area contributed by atoms with Gasteiger partial charge in [0.15, 0.2) is 0 Å². The second-order valence-corrected chi connectivity index (χ2v) is 8.81. The summed E-state index contributed by atoms with van der Waals surface area (Å²) < 4.78 is 0. The molecule has 7 heteroatoms. The van der Waals surface area contributed by atoms with Crippen molar-refractivity contribution in [2.45, 2.75) is 45.1 Å². The van der Waals surface area contributed by atoms with E-state index < -0.39 is 0 Å². The highest BCUT2D eigenvalue weighted by molar-refractivity contribution is 5.89. The minimum atomic E-state index is 0.536. The molecule has 0 amide bonds. The highest BCUT2D eigenvalue weighted by Gasteiger charge is 2.13. The van der Waals surface area contributed by atoms with Crippen molar-refractivity contribution in [1.29, 1.82) is 0 Å². The smallest absolute Gasteiger partial charge is 0.0977 e. The molecule has 0 aliphatic heterocycles. The fourth-order valence-electron chi connectivity index (χ4n) is 4.37. The molecule has 0 spiro atoms. The predicted molar refractivity (Wildman–Crippen MR) is 136 cm³/mol. The lowest BCUT2D eigenvalue weighted by Crippen LogP contribution is -2.22. The maximum Gasteiger partial charge on any atom is 0.0977 e. The van der Waals surface area contributed by atoms with Gasteiger partial charge >= 0.3 is 0 Å². The number of aryl methyl sites for hydroxylation is 1. The second-order valence-electron chi connectivity index (χ2n) is 8.81. The van der Waals surface area contributed by atoms with Crippen LogP contribution < -0.4 is 5.73 Å². The van der Waals surface area contributed by atoms with E-state index in [0.29, 0.717) is 6.04 Å². The predicted octanol–water partition coefficient (Wildman–Crippen LogP) is 5.66. The quantitative estimate of drug-likeness (QED) is 0.328. The average molecular weight is 452 g/mol. The Balaban J connectivity index is 0.000000297. The summed E-state index contributed by atoms with van der Waals surface area (Å²) in [4.78, 5) is 17.0. The first-order valence-corrected chi connectivity index (χ1v) is 11.8. The number of nitrogens with one attached hydrogen (secondary N) is 2. The summed E-state index contributed by atoms with van der Waals surface area (Å²) in [5.41, 5.74) is 13.3. The van der Waals surface area contributed by atoms with Crippen molar-refractivity contribution >= 4 is 10.9 Å². The van der Waals surface area contributed by atoms with Crippen molar-refractivity contribution in [2.75, 3.05) is 0 Å². The molecule has 0 saturated heterocycles. The molecule has 1 aliphatic rings. The van der Waals surface area contributed by atoms with Gasteiger partial charge in [-0.05, 0) is 50.1 Å². The van der Waals surface area contributed by atoms with Crippen molar-refractivity contribution in [3.05, 3.63) is 73.1 Å². The van der Waals surface area contributed by atoms with E-state index in [0.717, 1.165) is 50.4 Å². The lowest BCUT2D eigenvalue weighted by Gasteiger charge is -2.15. The third-order valence-corrected chi connectivity index (χ3v) is 6.22. The molecule has 1 aromatic carbocycles. The third kappa shape index (κ3) is 4.89. The largest absolute Gasteiger partial charge is 0.343 e. The van der Waals surface area contributed by atoms with Gasteiger partial charge in [0.1, 0.15) is 0 Å². The van der Waals surface area contributed by atoms with E-state index in [1.165, 1.54) is 32.1 Å². The topological polar surface area (TPSA) is 109 Å². The average Bonchev–Trinajstić information content (AvgIpc) is 3.57. The number of hydrogen-bond donors (Lipinski definition) is 3. The number of nitrogens with two attached hydrogens (primary N) is 1. The van der Waals surface area contributed by atoms with Gasteiger partial charge in [-0.2, -0.15) is 5.10 Å². The summed E-state index contributed by atoms with van der Waals surface area (Å²) >= 11 is 0. The number of imidazole rings is 1. The number of benzene rings is 1. The van der Waals surface area contributed by atoms with Crippen LogP contribution in [0.1, 0.15) is 37.8 Å². The first kappa shape index (κ1) is 22.0. The molecule has 4 N–H and O–H groups in total. The lowest BCUT2D eigenvalue weighted by atomic mass is 9.97. The molecule has 4 aromatic heterocycles. The molecular weight excluding hydrogens is 422 g/mol. The molecule has 172 valence electrons. The standard InChI is InChI=1S/C21H16N6.C6H13N/c1-13-3-2-4-19(27-13)21-20(23-12-24-21)14-5-6-18-15(7-14)8-16(9-22-18)17-10-25-26-11-17;7-6-4-2-1-3-5-6/h2-12H,1H3,(H,23,24)(H,25,26);6H,1-5,7H2. The van der Waals surface area contributed by atoms with E-state index >= 15 is 0 Å². The van der Waals surface area contributed by atoms with Gasteiger partial charge in [0.25, 0.3) is 0 Å². The van der Waals surface area contributed by atoms with Gasteiger partial charge in [-0.25, -0.2) is 4.98 Å². The number of aromatic amines is 2. The molecule has 1 fully saturated rings. The maximum atomic E-state index is 5.63. The summed E-state index contributed by atoms with van der Waals surface area (Å²) in [6.07, 6.45) is 13.9. The zero-order valence-corrected chi connectivity index (χ0v) is 19.3. The van der Waals surface area contributed by atoms with E-state index in [2.05, 4.69) is 42.3 Å². The fourth-order valence-corrected chi connectivity index (χ4v) is 4.37. The Morgan fingerprint density at radius 2 is 1.76 bits per heavy atom.